The molecule has 2 bridgehead atoms. The Morgan fingerprint density at radius 1 is 1.08 bits per heavy atom. The Balaban J connectivity index is 1.90. The zero-order valence-corrected chi connectivity index (χ0v) is 8.40. The second-order valence-electron chi connectivity index (χ2n) is 5.18. The van der Waals surface area contributed by atoms with Crippen LogP contribution in [0.25, 0.3) is 0 Å². The van der Waals surface area contributed by atoms with Gasteiger partial charge in [0.05, 0.1) is 13.2 Å². The van der Waals surface area contributed by atoms with Crippen LogP contribution in [0.15, 0.2) is 0 Å². The van der Waals surface area contributed by atoms with Gasteiger partial charge in [-0.15, -0.1) is 0 Å². The van der Waals surface area contributed by atoms with Gasteiger partial charge in [0.25, 0.3) is 0 Å². The molecule has 2 heteroatoms. The summed E-state index contributed by atoms with van der Waals surface area (Å²) in [5.74, 6) is 4.01. The van der Waals surface area contributed by atoms with Crippen molar-refractivity contribution < 1.29 is 9.47 Å². The first kappa shape index (κ1) is 8.25. The SMILES string of the molecule is CC(C)[C@H]1C2CO[C@H]3OCC1C3C2. The van der Waals surface area contributed by atoms with Crippen LogP contribution in [-0.2, 0) is 9.47 Å². The summed E-state index contributed by atoms with van der Waals surface area (Å²) in [5, 5.41) is 0. The first-order valence-electron chi connectivity index (χ1n) is 5.50. The fraction of sp³-hybridized carbons (Fsp3) is 1.00. The highest BCUT2D eigenvalue weighted by atomic mass is 16.7. The van der Waals surface area contributed by atoms with E-state index in [9.17, 15) is 0 Å². The highest BCUT2D eigenvalue weighted by Gasteiger charge is 2.54. The van der Waals surface area contributed by atoms with Gasteiger partial charge in [-0.25, -0.2) is 0 Å². The van der Waals surface area contributed by atoms with Crippen molar-refractivity contribution in [2.45, 2.75) is 26.6 Å². The highest BCUT2D eigenvalue weighted by Crippen LogP contribution is 2.53. The van der Waals surface area contributed by atoms with Gasteiger partial charge in [-0.2, -0.15) is 0 Å². The van der Waals surface area contributed by atoms with Gasteiger partial charge < -0.3 is 9.47 Å². The molecule has 5 atom stereocenters. The lowest BCUT2D eigenvalue weighted by Crippen LogP contribution is -2.30. The fourth-order valence-electron chi connectivity index (χ4n) is 3.80. The molecule has 74 valence electrons. The number of ether oxygens (including phenoxy) is 2. The van der Waals surface area contributed by atoms with Crippen LogP contribution >= 0.6 is 0 Å². The Kier molecular flexibility index (Phi) is 1.72. The van der Waals surface area contributed by atoms with E-state index >= 15 is 0 Å². The Bertz CT molecular complexity index is 214. The highest BCUT2D eigenvalue weighted by molar-refractivity contribution is 4.98. The first-order chi connectivity index (χ1) is 6.27. The molecule has 0 spiro atoms. The van der Waals surface area contributed by atoms with E-state index in [0.717, 1.165) is 42.8 Å². The molecule has 3 unspecified atom stereocenters. The largest absolute Gasteiger partial charge is 0.352 e. The van der Waals surface area contributed by atoms with Crippen molar-refractivity contribution in [3.63, 3.8) is 0 Å². The quantitative estimate of drug-likeness (QED) is 0.616. The predicted molar refractivity (Wildman–Crippen MR) is 49.1 cm³/mol. The predicted octanol–water partition coefficient (Wildman–Crippen LogP) is 1.90. The molecule has 0 radical (unpaired) electrons. The third-order valence-electron chi connectivity index (χ3n) is 4.21. The van der Waals surface area contributed by atoms with E-state index in [-0.39, 0.29) is 6.29 Å². The number of hydrogen-bond acceptors (Lipinski definition) is 2. The van der Waals surface area contributed by atoms with E-state index in [1.54, 1.807) is 0 Å². The third-order valence-corrected chi connectivity index (χ3v) is 4.21. The van der Waals surface area contributed by atoms with Gasteiger partial charge in [-0.05, 0) is 30.1 Å². The lowest BCUT2D eigenvalue weighted by Gasteiger charge is -2.29. The first-order valence-corrected chi connectivity index (χ1v) is 5.50. The summed E-state index contributed by atoms with van der Waals surface area (Å²) in [6.45, 7) is 6.59. The molecule has 0 aromatic rings. The lowest BCUT2D eigenvalue weighted by atomic mass is 9.81. The van der Waals surface area contributed by atoms with Crippen molar-refractivity contribution >= 4 is 0 Å². The maximum Gasteiger partial charge on any atom is 0.160 e. The molecule has 2 heterocycles. The monoisotopic (exact) mass is 182 g/mol. The van der Waals surface area contributed by atoms with E-state index in [2.05, 4.69) is 13.8 Å². The normalized spacial score (nSPS) is 53.3. The average molecular weight is 182 g/mol. The van der Waals surface area contributed by atoms with Crippen LogP contribution in [0.5, 0.6) is 0 Å². The molecular weight excluding hydrogens is 164 g/mol. The Morgan fingerprint density at radius 3 is 2.62 bits per heavy atom. The minimum absolute atomic E-state index is 0.157. The standard InChI is InChI=1S/C11H18O2/c1-6(2)10-7-3-8-9(10)5-13-11(8)12-4-7/h6-11H,3-5H2,1-2H3/t7?,8?,9?,10-,11-/m0/s1. The van der Waals surface area contributed by atoms with Crippen LogP contribution in [0, 0.1) is 29.6 Å². The summed E-state index contributed by atoms with van der Waals surface area (Å²) < 4.78 is 11.4. The van der Waals surface area contributed by atoms with Crippen LogP contribution in [0.4, 0.5) is 0 Å². The van der Waals surface area contributed by atoms with E-state index in [4.69, 9.17) is 9.47 Å². The lowest BCUT2D eigenvalue weighted by molar-refractivity contribution is -0.166. The molecule has 2 aliphatic heterocycles. The van der Waals surface area contributed by atoms with E-state index < -0.39 is 0 Å². The topological polar surface area (TPSA) is 18.5 Å². The Hall–Kier alpha value is -0.0800. The fourth-order valence-corrected chi connectivity index (χ4v) is 3.80. The van der Waals surface area contributed by atoms with Gasteiger partial charge in [0.15, 0.2) is 6.29 Å². The Morgan fingerprint density at radius 2 is 1.85 bits per heavy atom. The molecule has 0 aromatic heterocycles. The third kappa shape index (κ3) is 1.02. The second kappa shape index (κ2) is 2.71. The summed E-state index contributed by atoms with van der Waals surface area (Å²) >= 11 is 0. The summed E-state index contributed by atoms with van der Waals surface area (Å²) in [4.78, 5) is 0. The summed E-state index contributed by atoms with van der Waals surface area (Å²) in [5.41, 5.74) is 0. The molecule has 1 aliphatic carbocycles. The van der Waals surface area contributed by atoms with E-state index in [0.29, 0.717) is 0 Å². The molecule has 0 amide bonds. The van der Waals surface area contributed by atoms with Crippen LogP contribution in [0.3, 0.4) is 0 Å². The molecule has 13 heavy (non-hydrogen) atoms. The molecule has 0 N–H and O–H groups in total. The maximum absolute atomic E-state index is 5.71. The van der Waals surface area contributed by atoms with Crippen molar-refractivity contribution in [2.24, 2.45) is 29.6 Å². The van der Waals surface area contributed by atoms with Crippen LogP contribution < -0.4 is 0 Å². The van der Waals surface area contributed by atoms with Gasteiger partial charge in [-0.1, -0.05) is 13.8 Å². The van der Waals surface area contributed by atoms with Crippen molar-refractivity contribution in [3.8, 4) is 0 Å². The van der Waals surface area contributed by atoms with Crippen LogP contribution in [0.2, 0.25) is 0 Å². The number of fused-ring (bicyclic) bond motifs is 1. The van der Waals surface area contributed by atoms with Gasteiger partial charge >= 0.3 is 0 Å². The number of hydrogen-bond donors (Lipinski definition) is 0. The van der Waals surface area contributed by atoms with E-state index in [1.165, 1.54) is 6.42 Å². The van der Waals surface area contributed by atoms with Crippen molar-refractivity contribution in [2.75, 3.05) is 13.2 Å². The van der Waals surface area contributed by atoms with Crippen LogP contribution in [-0.4, -0.2) is 19.5 Å². The van der Waals surface area contributed by atoms with Gasteiger partial charge in [0.1, 0.15) is 0 Å². The van der Waals surface area contributed by atoms with Crippen molar-refractivity contribution in [1.29, 1.82) is 0 Å². The Labute approximate surface area is 79.6 Å². The average Bonchev–Trinajstić information content (AvgIpc) is 2.54. The smallest absolute Gasteiger partial charge is 0.160 e. The molecule has 1 saturated carbocycles. The minimum Gasteiger partial charge on any atom is -0.352 e. The van der Waals surface area contributed by atoms with Gasteiger partial charge in [-0.3, -0.25) is 0 Å². The van der Waals surface area contributed by atoms with Crippen LogP contribution in [0.1, 0.15) is 20.3 Å². The molecule has 2 saturated heterocycles. The van der Waals surface area contributed by atoms with Gasteiger partial charge in [0, 0.05) is 5.92 Å². The molecule has 3 rings (SSSR count). The molecule has 2 nitrogen and oxygen atoms in total. The summed E-state index contributed by atoms with van der Waals surface area (Å²) in [6, 6.07) is 0. The molecule has 3 aliphatic rings. The zero-order chi connectivity index (χ0) is 9.00. The van der Waals surface area contributed by atoms with E-state index in [1.807, 2.05) is 0 Å². The molecule has 0 aromatic carbocycles. The number of rotatable bonds is 1. The maximum atomic E-state index is 5.71. The van der Waals surface area contributed by atoms with Crippen molar-refractivity contribution in [1.82, 2.24) is 0 Å². The van der Waals surface area contributed by atoms with Gasteiger partial charge in [0.2, 0.25) is 0 Å². The summed E-state index contributed by atoms with van der Waals surface area (Å²) in [6.07, 6.45) is 1.52. The second-order valence-corrected chi connectivity index (χ2v) is 5.18. The van der Waals surface area contributed by atoms with Crippen molar-refractivity contribution in [3.05, 3.63) is 0 Å². The zero-order valence-electron chi connectivity index (χ0n) is 8.40. The molecule has 3 fully saturated rings. The summed E-state index contributed by atoms with van der Waals surface area (Å²) in [7, 11) is 0. The minimum atomic E-state index is 0.157. The molecular formula is C11H18O2.